The third kappa shape index (κ3) is 4.39. The lowest BCUT2D eigenvalue weighted by atomic mass is 9.85. The molecule has 24 heavy (non-hydrogen) atoms. The van der Waals surface area contributed by atoms with Gasteiger partial charge in [0.2, 0.25) is 10.0 Å². The van der Waals surface area contributed by atoms with Gasteiger partial charge in [-0.2, -0.15) is 0 Å². The Kier molecular flexibility index (Phi) is 5.75. The van der Waals surface area contributed by atoms with Crippen LogP contribution in [0.5, 0.6) is 0 Å². The summed E-state index contributed by atoms with van der Waals surface area (Å²) in [5, 5.41) is 7.29. The first-order chi connectivity index (χ1) is 11.1. The molecular formula is C17H27N3O2S2. The molecule has 1 aromatic rings. The summed E-state index contributed by atoms with van der Waals surface area (Å²) < 4.78 is 24.6. The van der Waals surface area contributed by atoms with E-state index in [-0.39, 0.29) is 5.54 Å². The average molecular weight is 370 g/mol. The van der Waals surface area contributed by atoms with Gasteiger partial charge in [-0.05, 0) is 49.2 Å². The summed E-state index contributed by atoms with van der Waals surface area (Å²) in [6, 6.07) is 7.24. The zero-order valence-corrected chi connectivity index (χ0v) is 16.4. The van der Waals surface area contributed by atoms with Crippen molar-refractivity contribution >= 4 is 38.7 Å². The smallest absolute Gasteiger partial charge is 0.231 e. The molecule has 0 spiro atoms. The number of anilines is 2. The quantitative estimate of drug-likeness (QED) is 0.780. The summed E-state index contributed by atoms with van der Waals surface area (Å²) in [5.74, 6) is 0.502. The van der Waals surface area contributed by atoms with Crippen LogP contribution < -0.4 is 14.9 Å². The van der Waals surface area contributed by atoms with Crippen molar-refractivity contribution in [3.05, 3.63) is 24.3 Å². The molecule has 1 saturated carbocycles. The van der Waals surface area contributed by atoms with Crippen LogP contribution in [0.2, 0.25) is 0 Å². The normalized spacial score (nSPS) is 16.9. The van der Waals surface area contributed by atoms with Crippen molar-refractivity contribution in [1.82, 2.24) is 5.32 Å². The van der Waals surface area contributed by atoms with Gasteiger partial charge in [-0.25, -0.2) is 8.42 Å². The zero-order valence-electron chi connectivity index (χ0n) is 14.8. The van der Waals surface area contributed by atoms with Crippen molar-refractivity contribution in [3.8, 4) is 0 Å². The lowest BCUT2D eigenvalue weighted by molar-refractivity contribution is 0.283. The Morgan fingerprint density at radius 2 is 1.92 bits per heavy atom. The van der Waals surface area contributed by atoms with Crippen LogP contribution in [-0.4, -0.2) is 32.4 Å². The Morgan fingerprint density at radius 3 is 2.46 bits per heavy atom. The van der Waals surface area contributed by atoms with Crippen molar-refractivity contribution in [2.24, 2.45) is 5.92 Å². The lowest BCUT2D eigenvalue weighted by Gasteiger charge is -2.36. The molecule has 0 saturated heterocycles. The molecule has 5 nitrogen and oxygen atoms in total. The van der Waals surface area contributed by atoms with Crippen molar-refractivity contribution in [3.63, 3.8) is 0 Å². The predicted molar refractivity (Wildman–Crippen MR) is 105 cm³/mol. The van der Waals surface area contributed by atoms with Gasteiger partial charge in [0, 0.05) is 18.3 Å². The van der Waals surface area contributed by atoms with E-state index in [1.807, 2.05) is 12.1 Å². The van der Waals surface area contributed by atoms with Crippen LogP contribution in [-0.2, 0) is 10.0 Å². The monoisotopic (exact) mass is 369 g/mol. The third-order valence-corrected chi connectivity index (χ3v) is 6.34. The van der Waals surface area contributed by atoms with E-state index in [9.17, 15) is 8.42 Å². The molecule has 1 aromatic carbocycles. The van der Waals surface area contributed by atoms with Gasteiger partial charge in [0.25, 0.3) is 0 Å². The Hall–Kier alpha value is -1.34. The molecule has 1 aliphatic rings. The molecule has 1 fully saturated rings. The van der Waals surface area contributed by atoms with E-state index in [0.717, 1.165) is 18.5 Å². The van der Waals surface area contributed by atoms with Crippen LogP contribution in [0.15, 0.2) is 24.3 Å². The Morgan fingerprint density at radius 1 is 1.29 bits per heavy atom. The summed E-state index contributed by atoms with van der Waals surface area (Å²) in [7, 11) is -1.74. The summed E-state index contributed by atoms with van der Waals surface area (Å²) in [5.41, 5.74) is 1.44. The second kappa shape index (κ2) is 7.27. The predicted octanol–water partition coefficient (Wildman–Crippen LogP) is 3.34. The molecular weight excluding hydrogens is 342 g/mol. The van der Waals surface area contributed by atoms with Crippen molar-refractivity contribution < 1.29 is 8.42 Å². The highest BCUT2D eigenvalue weighted by molar-refractivity contribution is 7.92. The summed E-state index contributed by atoms with van der Waals surface area (Å²) in [6.07, 6.45) is 5.89. The van der Waals surface area contributed by atoms with Gasteiger partial charge in [-0.1, -0.05) is 32.8 Å². The maximum Gasteiger partial charge on any atom is 0.231 e. The summed E-state index contributed by atoms with van der Waals surface area (Å²) >= 11 is 5.49. The van der Waals surface area contributed by atoms with E-state index in [1.54, 1.807) is 12.1 Å². The van der Waals surface area contributed by atoms with E-state index in [0.29, 0.717) is 16.7 Å². The fraction of sp³-hybridized carbons (Fsp3) is 0.588. The number of sulfonamides is 1. The molecule has 0 aromatic heterocycles. The van der Waals surface area contributed by atoms with Crippen LogP contribution in [0.25, 0.3) is 0 Å². The van der Waals surface area contributed by atoms with Crippen LogP contribution in [0.1, 0.15) is 39.5 Å². The molecule has 0 radical (unpaired) electrons. The molecule has 7 heteroatoms. The minimum Gasteiger partial charge on any atom is -0.357 e. The molecule has 0 heterocycles. The SMILES string of the molecule is CC(C)C1(NC(=S)Nc2cccc(N(C)S(C)(=O)=O)c2)CCCC1. The Bertz CT molecular complexity index is 696. The highest BCUT2D eigenvalue weighted by Gasteiger charge is 2.37. The minimum atomic E-state index is -3.28. The number of rotatable bonds is 5. The summed E-state index contributed by atoms with van der Waals surface area (Å²) in [4.78, 5) is 0. The fourth-order valence-corrected chi connectivity index (χ4v) is 4.03. The number of nitrogens with zero attached hydrogens (tertiary/aromatic N) is 1. The van der Waals surface area contributed by atoms with E-state index in [1.165, 1.54) is 30.5 Å². The Balaban J connectivity index is 2.09. The van der Waals surface area contributed by atoms with Gasteiger partial charge in [0.1, 0.15) is 0 Å². The second-order valence-electron chi connectivity index (χ2n) is 6.88. The maximum atomic E-state index is 11.7. The van der Waals surface area contributed by atoms with Crippen molar-refractivity contribution in [1.29, 1.82) is 0 Å². The average Bonchev–Trinajstić information content (AvgIpc) is 2.95. The standard InChI is InChI=1S/C17H27N3O2S2/c1-13(2)17(10-5-6-11-17)19-16(23)18-14-8-7-9-15(12-14)20(3)24(4,21)22/h7-9,12-13H,5-6,10-11H2,1-4H3,(H2,18,19,23). The van der Waals surface area contributed by atoms with Crippen LogP contribution >= 0.6 is 12.2 Å². The van der Waals surface area contributed by atoms with E-state index in [4.69, 9.17) is 12.2 Å². The summed E-state index contributed by atoms with van der Waals surface area (Å²) in [6.45, 7) is 4.45. The van der Waals surface area contributed by atoms with Gasteiger partial charge in [0.15, 0.2) is 5.11 Å². The molecule has 0 amide bonds. The highest BCUT2D eigenvalue weighted by Crippen LogP contribution is 2.36. The van der Waals surface area contributed by atoms with Gasteiger partial charge < -0.3 is 10.6 Å². The molecule has 0 unspecified atom stereocenters. The number of hydrogen-bond acceptors (Lipinski definition) is 3. The minimum absolute atomic E-state index is 0.0608. The van der Waals surface area contributed by atoms with E-state index in [2.05, 4.69) is 24.5 Å². The topological polar surface area (TPSA) is 61.4 Å². The fourth-order valence-electron chi connectivity index (χ4n) is 3.21. The second-order valence-corrected chi connectivity index (χ2v) is 9.30. The largest absolute Gasteiger partial charge is 0.357 e. The van der Waals surface area contributed by atoms with E-state index >= 15 is 0 Å². The van der Waals surface area contributed by atoms with Crippen molar-refractivity contribution in [2.45, 2.75) is 45.1 Å². The molecule has 1 aliphatic carbocycles. The first-order valence-electron chi connectivity index (χ1n) is 8.27. The molecule has 0 aliphatic heterocycles. The molecule has 0 atom stereocenters. The molecule has 134 valence electrons. The van der Waals surface area contributed by atoms with Crippen LogP contribution in [0, 0.1) is 5.92 Å². The number of hydrogen-bond donors (Lipinski definition) is 2. The zero-order chi connectivity index (χ0) is 18.0. The lowest BCUT2D eigenvalue weighted by Crippen LogP contribution is -2.51. The van der Waals surface area contributed by atoms with Gasteiger partial charge in [-0.3, -0.25) is 4.31 Å². The molecule has 0 bridgehead atoms. The first-order valence-corrected chi connectivity index (χ1v) is 10.5. The molecule has 2 N–H and O–H groups in total. The molecule has 2 rings (SSSR count). The van der Waals surface area contributed by atoms with Crippen LogP contribution in [0.3, 0.4) is 0 Å². The number of nitrogens with one attached hydrogen (secondary N) is 2. The van der Waals surface area contributed by atoms with Gasteiger partial charge in [0.05, 0.1) is 11.9 Å². The van der Waals surface area contributed by atoms with Gasteiger partial charge >= 0.3 is 0 Å². The first kappa shape index (κ1) is 19.0. The highest BCUT2D eigenvalue weighted by atomic mass is 32.2. The number of thiocarbonyl (C=S) groups is 1. The Labute approximate surface area is 150 Å². The van der Waals surface area contributed by atoms with Crippen LogP contribution in [0.4, 0.5) is 11.4 Å². The third-order valence-electron chi connectivity index (χ3n) is 4.93. The van der Waals surface area contributed by atoms with Crippen molar-refractivity contribution in [2.75, 3.05) is 22.9 Å². The van der Waals surface area contributed by atoms with E-state index < -0.39 is 10.0 Å². The van der Waals surface area contributed by atoms with Gasteiger partial charge in [-0.15, -0.1) is 0 Å². The number of benzene rings is 1. The maximum absolute atomic E-state index is 11.7.